The van der Waals surface area contributed by atoms with E-state index in [2.05, 4.69) is 4.72 Å². The first-order chi connectivity index (χ1) is 12.2. The molecule has 0 spiro atoms. The minimum absolute atomic E-state index is 0.0848. The molecule has 1 N–H and O–H groups in total. The summed E-state index contributed by atoms with van der Waals surface area (Å²) in [6, 6.07) is 10.2. The molecular weight excluding hydrogens is 379 g/mol. The third-order valence-electron chi connectivity index (χ3n) is 4.12. The molecule has 0 aromatic heterocycles. The van der Waals surface area contributed by atoms with Gasteiger partial charge < -0.3 is 0 Å². The van der Waals surface area contributed by atoms with Crippen LogP contribution in [0.2, 0.25) is 0 Å². The lowest BCUT2D eigenvalue weighted by Gasteiger charge is -2.19. The predicted molar refractivity (Wildman–Crippen MR) is 99.6 cm³/mol. The van der Waals surface area contributed by atoms with Crippen LogP contribution in [0.5, 0.6) is 0 Å². The third-order valence-corrected chi connectivity index (χ3v) is 7.23. The Balaban J connectivity index is 1.86. The van der Waals surface area contributed by atoms with E-state index in [9.17, 15) is 21.2 Å². The van der Waals surface area contributed by atoms with Crippen LogP contribution in [0, 0.1) is 12.7 Å². The number of hydrogen-bond acceptors (Lipinski definition) is 4. The molecule has 0 bridgehead atoms. The van der Waals surface area contributed by atoms with E-state index in [0.29, 0.717) is 35.5 Å². The van der Waals surface area contributed by atoms with Crippen LogP contribution >= 0.6 is 0 Å². The highest BCUT2D eigenvalue weighted by atomic mass is 32.2. The molecule has 9 heteroatoms. The van der Waals surface area contributed by atoms with Gasteiger partial charge in [-0.05, 0) is 48.7 Å². The van der Waals surface area contributed by atoms with E-state index in [0.717, 1.165) is 0 Å². The van der Waals surface area contributed by atoms with Gasteiger partial charge in [0.05, 0.1) is 22.9 Å². The van der Waals surface area contributed by atoms with Crippen LogP contribution in [0.3, 0.4) is 0 Å². The van der Waals surface area contributed by atoms with Crippen LogP contribution < -0.4 is 9.03 Å². The Morgan fingerprint density at radius 2 is 1.96 bits per heavy atom. The van der Waals surface area contributed by atoms with Crippen molar-refractivity contribution in [2.24, 2.45) is 0 Å². The highest BCUT2D eigenvalue weighted by molar-refractivity contribution is 7.93. The molecule has 2 aromatic carbocycles. The van der Waals surface area contributed by atoms with E-state index in [1.165, 1.54) is 34.6 Å². The quantitative estimate of drug-likeness (QED) is 0.839. The molecule has 0 radical (unpaired) electrons. The molecule has 1 heterocycles. The van der Waals surface area contributed by atoms with Crippen LogP contribution in [0.25, 0.3) is 0 Å². The summed E-state index contributed by atoms with van der Waals surface area (Å²) in [5.74, 6) is -0.798. The number of hydrogen-bond donors (Lipinski definition) is 1. The van der Waals surface area contributed by atoms with E-state index in [4.69, 9.17) is 0 Å². The van der Waals surface area contributed by atoms with E-state index in [1.807, 2.05) is 0 Å². The van der Waals surface area contributed by atoms with Crippen molar-refractivity contribution in [3.63, 3.8) is 0 Å². The minimum atomic E-state index is -3.78. The molecule has 1 aliphatic rings. The molecule has 1 saturated heterocycles. The first kappa shape index (κ1) is 18.7. The van der Waals surface area contributed by atoms with E-state index in [-0.39, 0.29) is 11.5 Å². The van der Waals surface area contributed by atoms with Crippen LogP contribution in [0.1, 0.15) is 17.5 Å². The topological polar surface area (TPSA) is 83.6 Å². The Hall–Kier alpha value is -2.13. The SMILES string of the molecule is Cc1ccc(N2CCCS2(=O)=O)cc1NS(=O)(=O)Cc1cccc(F)c1. The van der Waals surface area contributed by atoms with Gasteiger partial charge in [-0.1, -0.05) is 18.2 Å². The average molecular weight is 398 g/mol. The van der Waals surface area contributed by atoms with Crippen LogP contribution in [-0.2, 0) is 25.8 Å². The van der Waals surface area contributed by atoms with Crippen molar-refractivity contribution in [3.05, 3.63) is 59.4 Å². The van der Waals surface area contributed by atoms with Gasteiger partial charge in [-0.2, -0.15) is 0 Å². The third kappa shape index (κ3) is 4.16. The molecule has 2 aromatic rings. The Bertz CT molecular complexity index is 1040. The van der Waals surface area contributed by atoms with Gasteiger partial charge in [-0.15, -0.1) is 0 Å². The van der Waals surface area contributed by atoms with Gasteiger partial charge in [0.25, 0.3) is 0 Å². The number of halogens is 1. The van der Waals surface area contributed by atoms with Gasteiger partial charge in [0.2, 0.25) is 20.0 Å². The fraction of sp³-hybridized carbons (Fsp3) is 0.294. The maximum atomic E-state index is 13.3. The summed E-state index contributed by atoms with van der Waals surface area (Å²) in [5.41, 5.74) is 1.72. The zero-order valence-corrected chi connectivity index (χ0v) is 15.8. The molecule has 0 saturated carbocycles. The summed E-state index contributed by atoms with van der Waals surface area (Å²) in [6.45, 7) is 2.10. The monoisotopic (exact) mass is 398 g/mol. The highest BCUT2D eigenvalue weighted by Crippen LogP contribution is 2.29. The van der Waals surface area contributed by atoms with Crippen LogP contribution in [-0.4, -0.2) is 29.1 Å². The molecule has 26 heavy (non-hydrogen) atoms. The van der Waals surface area contributed by atoms with Crippen molar-refractivity contribution in [1.82, 2.24) is 0 Å². The second-order valence-electron chi connectivity index (χ2n) is 6.23. The summed E-state index contributed by atoms with van der Waals surface area (Å²) >= 11 is 0. The zero-order valence-electron chi connectivity index (χ0n) is 14.1. The summed E-state index contributed by atoms with van der Waals surface area (Å²) in [6.07, 6.45) is 0.539. The van der Waals surface area contributed by atoms with Gasteiger partial charge in [0.1, 0.15) is 5.82 Å². The number of sulfonamides is 2. The van der Waals surface area contributed by atoms with Crippen molar-refractivity contribution in [2.75, 3.05) is 21.3 Å². The molecule has 6 nitrogen and oxygen atoms in total. The predicted octanol–water partition coefficient (Wildman–Crippen LogP) is 2.62. The van der Waals surface area contributed by atoms with E-state index in [1.54, 1.807) is 19.1 Å². The second kappa shape index (κ2) is 6.88. The smallest absolute Gasteiger partial charge is 0.236 e. The number of benzene rings is 2. The maximum absolute atomic E-state index is 13.3. The standard InChI is InChI=1S/C17H19FN2O4S2/c1-13-6-7-16(20-8-3-9-26(20,23)24)11-17(13)19-25(21,22)12-14-4-2-5-15(18)10-14/h2,4-7,10-11,19H,3,8-9,12H2,1H3. The zero-order chi connectivity index (χ0) is 18.9. The molecule has 1 aliphatic heterocycles. The molecule has 1 fully saturated rings. The average Bonchev–Trinajstić information content (AvgIpc) is 2.88. The van der Waals surface area contributed by atoms with Gasteiger partial charge in [0.15, 0.2) is 0 Å². The fourth-order valence-corrected chi connectivity index (χ4v) is 5.66. The Labute approximate surface area is 152 Å². The molecule has 3 rings (SSSR count). The molecule has 0 unspecified atom stereocenters. The fourth-order valence-electron chi connectivity index (χ4n) is 2.85. The van der Waals surface area contributed by atoms with E-state index < -0.39 is 25.9 Å². The molecular formula is C17H19FN2O4S2. The highest BCUT2D eigenvalue weighted by Gasteiger charge is 2.28. The van der Waals surface area contributed by atoms with Gasteiger partial charge in [-0.3, -0.25) is 9.03 Å². The van der Waals surface area contributed by atoms with Crippen LogP contribution in [0.4, 0.5) is 15.8 Å². The molecule has 0 atom stereocenters. The molecule has 0 amide bonds. The summed E-state index contributed by atoms with van der Waals surface area (Å²) in [4.78, 5) is 0. The van der Waals surface area contributed by atoms with Crippen molar-refractivity contribution in [1.29, 1.82) is 0 Å². The van der Waals surface area contributed by atoms with Gasteiger partial charge >= 0.3 is 0 Å². The lowest BCUT2D eigenvalue weighted by Crippen LogP contribution is -2.25. The van der Waals surface area contributed by atoms with Crippen molar-refractivity contribution >= 4 is 31.4 Å². The van der Waals surface area contributed by atoms with Gasteiger partial charge in [-0.25, -0.2) is 21.2 Å². The maximum Gasteiger partial charge on any atom is 0.236 e. The van der Waals surface area contributed by atoms with Crippen molar-refractivity contribution in [2.45, 2.75) is 19.1 Å². The van der Waals surface area contributed by atoms with E-state index >= 15 is 0 Å². The van der Waals surface area contributed by atoms with Gasteiger partial charge in [0, 0.05) is 6.54 Å². The second-order valence-corrected chi connectivity index (χ2v) is 9.97. The first-order valence-corrected chi connectivity index (χ1v) is 11.3. The minimum Gasteiger partial charge on any atom is -0.283 e. The summed E-state index contributed by atoms with van der Waals surface area (Å²) in [7, 11) is -7.13. The Kier molecular flexibility index (Phi) is 4.94. The summed E-state index contributed by atoms with van der Waals surface area (Å²) in [5, 5.41) is 0. The van der Waals surface area contributed by atoms with Crippen molar-refractivity contribution in [3.8, 4) is 0 Å². The number of rotatable bonds is 5. The largest absolute Gasteiger partial charge is 0.283 e. The Morgan fingerprint density at radius 1 is 1.19 bits per heavy atom. The number of nitrogens with zero attached hydrogens (tertiary/aromatic N) is 1. The number of aryl methyl sites for hydroxylation is 1. The van der Waals surface area contributed by atoms with Crippen LogP contribution in [0.15, 0.2) is 42.5 Å². The first-order valence-electron chi connectivity index (χ1n) is 8.02. The number of nitrogens with one attached hydrogen (secondary N) is 1. The van der Waals surface area contributed by atoms with Crippen molar-refractivity contribution < 1.29 is 21.2 Å². The lowest BCUT2D eigenvalue weighted by molar-refractivity contribution is 0.598. The molecule has 0 aliphatic carbocycles. The lowest BCUT2D eigenvalue weighted by atomic mass is 10.2. The molecule has 140 valence electrons. The number of anilines is 2. The Morgan fingerprint density at radius 3 is 2.62 bits per heavy atom. The summed E-state index contributed by atoms with van der Waals surface area (Å²) < 4.78 is 66.0. The normalized spacial score (nSPS) is 16.6.